The van der Waals surface area contributed by atoms with Gasteiger partial charge in [-0.05, 0) is 30.7 Å². The molecule has 0 aliphatic carbocycles. The number of rotatable bonds is 5. The van der Waals surface area contributed by atoms with Crippen LogP contribution in [0.1, 0.15) is 28.8 Å². The van der Waals surface area contributed by atoms with Crippen LogP contribution >= 0.6 is 0 Å². The summed E-state index contributed by atoms with van der Waals surface area (Å²) in [6, 6.07) is 3.45. The number of carbonyl (C=O) groups is 4. The maximum atomic E-state index is 12.4. The number of ether oxygens (including phenoxy) is 1. The standard InChI is InChI=1S/C16H15F3N2O5/c17-16(18,19)11-5-3-10(4-6-11)15(25)20-8-14(24)26-9-13(23)21-7-1-2-12(21)22/h3-6H,1-2,7-9H2,(H,20,25). The molecule has 1 aromatic carbocycles. The third-order valence-corrected chi connectivity index (χ3v) is 3.60. The van der Waals surface area contributed by atoms with E-state index in [0.717, 1.165) is 29.2 Å². The molecule has 0 bridgehead atoms. The Morgan fingerprint density at radius 2 is 1.81 bits per heavy atom. The molecule has 1 N–H and O–H groups in total. The zero-order valence-electron chi connectivity index (χ0n) is 13.5. The molecule has 1 aliphatic heterocycles. The van der Waals surface area contributed by atoms with E-state index in [-0.39, 0.29) is 24.4 Å². The lowest BCUT2D eigenvalue weighted by Gasteiger charge is -2.13. The molecular weight excluding hydrogens is 357 g/mol. The minimum Gasteiger partial charge on any atom is -0.454 e. The van der Waals surface area contributed by atoms with Crippen molar-refractivity contribution >= 4 is 23.7 Å². The topological polar surface area (TPSA) is 92.8 Å². The Hall–Kier alpha value is -2.91. The van der Waals surface area contributed by atoms with Crippen molar-refractivity contribution in [2.75, 3.05) is 19.7 Å². The average molecular weight is 372 g/mol. The number of benzene rings is 1. The second-order valence-corrected chi connectivity index (χ2v) is 5.46. The largest absolute Gasteiger partial charge is 0.454 e. The number of carbonyl (C=O) groups excluding carboxylic acids is 4. The number of amides is 3. The summed E-state index contributed by atoms with van der Waals surface area (Å²) in [5.41, 5.74) is -0.965. The zero-order chi connectivity index (χ0) is 19.3. The summed E-state index contributed by atoms with van der Waals surface area (Å²) in [7, 11) is 0. The number of hydrogen-bond donors (Lipinski definition) is 1. The molecule has 1 fully saturated rings. The number of alkyl halides is 3. The minimum absolute atomic E-state index is 0.0652. The Morgan fingerprint density at radius 1 is 1.15 bits per heavy atom. The summed E-state index contributed by atoms with van der Waals surface area (Å²) in [5, 5.41) is 2.17. The second kappa shape index (κ2) is 7.98. The van der Waals surface area contributed by atoms with Crippen LogP contribution in [0.3, 0.4) is 0 Å². The monoisotopic (exact) mass is 372 g/mol. The molecule has 1 aliphatic rings. The fraction of sp³-hybridized carbons (Fsp3) is 0.375. The number of nitrogens with zero attached hydrogens (tertiary/aromatic N) is 1. The van der Waals surface area contributed by atoms with Crippen LogP contribution in [0, 0.1) is 0 Å². The van der Waals surface area contributed by atoms with Crippen molar-refractivity contribution in [2.24, 2.45) is 0 Å². The smallest absolute Gasteiger partial charge is 0.416 e. The molecule has 0 saturated carbocycles. The van der Waals surface area contributed by atoms with Crippen molar-refractivity contribution < 1.29 is 37.1 Å². The van der Waals surface area contributed by atoms with E-state index in [4.69, 9.17) is 0 Å². The van der Waals surface area contributed by atoms with E-state index in [1.807, 2.05) is 0 Å². The van der Waals surface area contributed by atoms with Crippen molar-refractivity contribution in [2.45, 2.75) is 19.0 Å². The average Bonchev–Trinajstić information content (AvgIpc) is 3.03. The molecule has 1 aromatic rings. The van der Waals surface area contributed by atoms with E-state index in [2.05, 4.69) is 10.1 Å². The molecule has 0 aromatic heterocycles. The zero-order valence-corrected chi connectivity index (χ0v) is 13.5. The summed E-state index contributed by atoms with van der Waals surface area (Å²) in [5.74, 6) is -2.65. The van der Waals surface area contributed by atoms with Gasteiger partial charge in [0.1, 0.15) is 6.54 Å². The highest BCUT2D eigenvalue weighted by molar-refractivity contribution is 5.98. The van der Waals surface area contributed by atoms with Gasteiger partial charge in [0.15, 0.2) is 6.61 Å². The summed E-state index contributed by atoms with van der Waals surface area (Å²) < 4.78 is 42.0. The van der Waals surface area contributed by atoms with Crippen LogP contribution in [-0.2, 0) is 25.3 Å². The van der Waals surface area contributed by atoms with Gasteiger partial charge in [-0.2, -0.15) is 13.2 Å². The van der Waals surface area contributed by atoms with E-state index in [0.29, 0.717) is 6.42 Å². The Morgan fingerprint density at radius 3 is 2.35 bits per heavy atom. The Bertz CT molecular complexity index is 716. The lowest BCUT2D eigenvalue weighted by Crippen LogP contribution is -2.37. The highest BCUT2D eigenvalue weighted by atomic mass is 19.4. The van der Waals surface area contributed by atoms with Crippen LogP contribution in [0.2, 0.25) is 0 Å². The summed E-state index contributed by atoms with van der Waals surface area (Å²) >= 11 is 0. The van der Waals surface area contributed by atoms with Crippen LogP contribution in [0.5, 0.6) is 0 Å². The highest BCUT2D eigenvalue weighted by Gasteiger charge is 2.30. The third-order valence-electron chi connectivity index (χ3n) is 3.60. The van der Waals surface area contributed by atoms with Crippen molar-refractivity contribution in [3.8, 4) is 0 Å². The first-order valence-corrected chi connectivity index (χ1v) is 7.63. The van der Waals surface area contributed by atoms with Gasteiger partial charge in [-0.15, -0.1) is 0 Å². The van der Waals surface area contributed by atoms with Gasteiger partial charge in [-0.1, -0.05) is 0 Å². The first-order chi connectivity index (χ1) is 12.2. The predicted molar refractivity (Wildman–Crippen MR) is 80.7 cm³/mol. The van der Waals surface area contributed by atoms with Gasteiger partial charge in [0, 0.05) is 18.5 Å². The molecule has 2 rings (SSSR count). The molecule has 0 spiro atoms. The van der Waals surface area contributed by atoms with E-state index >= 15 is 0 Å². The number of hydrogen-bond acceptors (Lipinski definition) is 5. The fourth-order valence-corrected chi connectivity index (χ4v) is 2.25. The first-order valence-electron chi connectivity index (χ1n) is 7.63. The summed E-state index contributed by atoms with van der Waals surface area (Å²) in [6.07, 6.45) is -3.69. The molecule has 0 atom stereocenters. The lowest BCUT2D eigenvalue weighted by atomic mass is 10.1. The van der Waals surface area contributed by atoms with E-state index in [1.54, 1.807) is 0 Å². The molecule has 0 radical (unpaired) electrons. The lowest BCUT2D eigenvalue weighted by molar-refractivity contribution is -0.154. The highest BCUT2D eigenvalue weighted by Crippen LogP contribution is 2.29. The number of likely N-dealkylation sites (tertiary alicyclic amines) is 1. The maximum Gasteiger partial charge on any atom is 0.416 e. The Kier molecular flexibility index (Phi) is 5.96. The predicted octanol–water partition coefficient (Wildman–Crippen LogP) is 1.13. The van der Waals surface area contributed by atoms with E-state index in [1.165, 1.54) is 0 Å². The van der Waals surface area contributed by atoms with E-state index in [9.17, 15) is 32.3 Å². The van der Waals surface area contributed by atoms with Crippen LogP contribution < -0.4 is 5.32 Å². The molecule has 1 saturated heterocycles. The van der Waals surface area contributed by atoms with Crippen molar-refractivity contribution in [1.82, 2.24) is 10.2 Å². The normalized spacial score (nSPS) is 14.3. The Labute approximate surface area is 146 Å². The molecule has 3 amide bonds. The molecule has 140 valence electrons. The van der Waals surface area contributed by atoms with E-state index < -0.39 is 42.7 Å². The van der Waals surface area contributed by atoms with Gasteiger partial charge < -0.3 is 10.1 Å². The Balaban J connectivity index is 1.77. The number of halogens is 3. The molecule has 7 nitrogen and oxygen atoms in total. The summed E-state index contributed by atoms with van der Waals surface area (Å²) in [6.45, 7) is -0.915. The van der Waals surface area contributed by atoms with Gasteiger partial charge in [0.05, 0.1) is 5.56 Å². The molecular formula is C16H15F3N2O5. The minimum atomic E-state index is -4.51. The van der Waals surface area contributed by atoms with Gasteiger partial charge in [-0.3, -0.25) is 24.1 Å². The van der Waals surface area contributed by atoms with Crippen molar-refractivity contribution in [3.63, 3.8) is 0 Å². The maximum absolute atomic E-state index is 12.4. The van der Waals surface area contributed by atoms with Crippen LogP contribution in [0.15, 0.2) is 24.3 Å². The van der Waals surface area contributed by atoms with Crippen LogP contribution in [0.25, 0.3) is 0 Å². The summed E-state index contributed by atoms with van der Waals surface area (Å²) in [4.78, 5) is 47.3. The number of esters is 1. The molecule has 0 unspecified atom stereocenters. The van der Waals surface area contributed by atoms with Crippen LogP contribution in [0.4, 0.5) is 13.2 Å². The molecule has 10 heteroatoms. The van der Waals surface area contributed by atoms with Crippen molar-refractivity contribution in [3.05, 3.63) is 35.4 Å². The quantitative estimate of drug-likeness (QED) is 0.782. The van der Waals surface area contributed by atoms with Crippen LogP contribution in [-0.4, -0.2) is 48.3 Å². The van der Waals surface area contributed by atoms with Gasteiger partial charge in [0.25, 0.3) is 11.8 Å². The van der Waals surface area contributed by atoms with Gasteiger partial charge in [-0.25, -0.2) is 0 Å². The van der Waals surface area contributed by atoms with Crippen molar-refractivity contribution in [1.29, 1.82) is 0 Å². The van der Waals surface area contributed by atoms with Gasteiger partial charge >= 0.3 is 12.1 Å². The number of nitrogens with one attached hydrogen (secondary N) is 1. The molecule has 1 heterocycles. The fourth-order valence-electron chi connectivity index (χ4n) is 2.25. The second-order valence-electron chi connectivity index (χ2n) is 5.46. The first kappa shape index (κ1) is 19.4. The number of imide groups is 1. The van der Waals surface area contributed by atoms with Gasteiger partial charge in [0.2, 0.25) is 5.91 Å². The SMILES string of the molecule is O=C(CNC(=O)c1ccc(C(F)(F)F)cc1)OCC(=O)N1CCCC1=O. The third kappa shape index (κ3) is 5.04. The molecule has 26 heavy (non-hydrogen) atoms.